The molecule has 0 amide bonds. The molecule has 9 heavy (non-hydrogen) atoms. The highest BCUT2D eigenvalue weighted by atomic mass is 32.3. The zero-order valence-electron chi connectivity index (χ0n) is 5.42. The lowest BCUT2D eigenvalue weighted by atomic mass is 10.4. The van der Waals surface area contributed by atoms with Crippen LogP contribution in [0.1, 0.15) is 6.42 Å². The number of cyclic esters (lactones) is 1. The van der Waals surface area contributed by atoms with Crippen LogP contribution in [0.5, 0.6) is 0 Å². The molecule has 4 heteroatoms. The molecule has 1 saturated heterocycles. The molecule has 0 radical (unpaired) electrons. The Morgan fingerprint density at radius 3 is 3.11 bits per heavy atom. The molecule has 1 rings (SSSR count). The Kier molecular flexibility index (Phi) is 2.90. The van der Waals surface area contributed by atoms with E-state index in [4.69, 9.17) is 4.74 Å². The van der Waals surface area contributed by atoms with Crippen molar-refractivity contribution >= 4 is 30.2 Å². The van der Waals surface area contributed by atoms with Gasteiger partial charge >= 0.3 is 20.1 Å². The SMILES string of the molecule is [CH3][AlH][S]C1COC(=O)C1. The number of hydrogen-bond acceptors (Lipinski definition) is 3. The standard InChI is InChI=1S/C4H6O2S.CH3.Al.H/c5-4-1-3(7)2-6-4;;;/h3,7H,1-2H2;1H3;;/q;;+1;/p-1. The van der Waals surface area contributed by atoms with Crippen LogP contribution in [0, 0.1) is 0 Å². The minimum Gasteiger partial charge on any atom is -0.465 e. The zero-order valence-corrected chi connectivity index (χ0v) is 7.65. The van der Waals surface area contributed by atoms with Crippen LogP contribution in [0.3, 0.4) is 0 Å². The van der Waals surface area contributed by atoms with E-state index >= 15 is 0 Å². The van der Waals surface area contributed by atoms with E-state index in [9.17, 15) is 4.79 Å². The molecule has 2 nitrogen and oxygen atoms in total. The van der Waals surface area contributed by atoms with Gasteiger partial charge in [-0.15, -0.1) is 0 Å². The molecule has 0 saturated carbocycles. The highest BCUT2D eigenvalue weighted by molar-refractivity contribution is 8.22. The minimum absolute atomic E-state index is 0.0186. The van der Waals surface area contributed by atoms with Crippen molar-refractivity contribution in [3.05, 3.63) is 0 Å². The first-order valence-electron chi connectivity index (χ1n) is 3.10. The fourth-order valence-corrected chi connectivity index (χ4v) is 3.78. The van der Waals surface area contributed by atoms with Crippen LogP contribution >= 0.6 is 10.1 Å². The second-order valence-corrected chi connectivity index (χ2v) is 6.27. The average Bonchev–Trinajstić information content (AvgIpc) is 2.17. The van der Waals surface area contributed by atoms with Crippen LogP contribution in [0.25, 0.3) is 0 Å². The minimum atomic E-state index is -0.0186. The Morgan fingerprint density at radius 1 is 1.89 bits per heavy atom. The van der Waals surface area contributed by atoms with Gasteiger partial charge in [-0.25, -0.2) is 0 Å². The fraction of sp³-hybridized carbons (Fsp3) is 0.800. The van der Waals surface area contributed by atoms with Gasteiger partial charge < -0.3 is 4.74 Å². The van der Waals surface area contributed by atoms with Crippen LogP contribution in [0.15, 0.2) is 0 Å². The van der Waals surface area contributed by atoms with E-state index in [0.29, 0.717) is 18.3 Å². The van der Waals surface area contributed by atoms with Crippen LogP contribution in [-0.2, 0) is 9.53 Å². The Hall–Kier alpha value is 0.352. The van der Waals surface area contributed by atoms with Gasteiger partial charge in [-0.05, 0) is 0 Å². The summed E-state index contributed by atoms with van der Waals surface area (Å²) in [4.78, 5) is 10.5. The van der Waals surface area contributed by atoms with Crippen molar-refractivity contribution in [2.75, 3.05) is 6.61 Å². The van der Waals surface area contributed by atoms with Crippen LogP contribution in [0.4, 0.5) is 0 Å². The summed E-state index contributed by atoms with van der Waals surface area (Å²) in [7, 11) is 1.94. The van der Waals surface area contributed by atoms with E-state index in [-0.39, 0.29) is 20.1 Å². The molecule has 50 valence electrons. The summed E-state index contributed by atoms with van der Waals surface area (Å²) < 4.78 is 4.78. The molecule has 1 aliphatic rings. The summed E-state index contributed by atoms with van der Waals surface area (Å²) in [5.74, 6) is 2.21. The molecule has 0 bridgehead atoms. The van der Waals surface area contributed by atoms with Crippen molar-refractivity contribution < 1.29 is 9.53 Å². The second-order valence-electron chi connectivity index (χ2n) is 1.96. The molecular weight excluding hydrogens is 151 g/mol. The van der Waals surface area contributed by atoms with Crippen molar-refractivity contribution in [1.29, 1.82) is 0 Å². The van der Waals surface area contributed by atoms with E-state index in [1.807, 2.05) is 10.1 Å². The molecule has 1 heterocycles. The maximum Gasteiger partial charge on any atom is 0.323 e. The number of carbonyl (C=O) groups is 1. The lowest BCUT2D eigenvalue weighted by Crippen LogP contribution is -2.01. The van der Waals surface area contributed by atoms with Gasteiger partial charge in [0, 0.05) is 5.25 Å². The number of carbonyl (C=O) groups excluding carboxylic acids is 1. The van der Waals surface area contributed by atoms with Crippen molar-refractivity contribution in [3.8, 4) is 0 Å². The molecule has 0 aromatic heterocycles. The first kappa shape index (κ1) is 7.46. The Morgan fingerprint density at radius 2 is 2.67 bits per heavy atom. The monoisotopic (exact) mass is 160 g/mol. The molecule has 0 spiro atoms. The van der Waals surface area contributed by atoms with Crippen molar-refractivity contribution in [2.45, 2.75) is 17.5 Å². The quantitative estimate of drug-likeness (QED) is 0.433. The molecular formula is C5H9AlO2S. The van der Waals surface area contributed by atoms with Crippen LogP contribution < -0.4 is 0 Å². The fourth-order valence-electron chi connectivity index (χ4n) is 0.832. The van der Waals surface area contributed by atoms with E-state index in [1.165, 1.54) is 0 Å². The topological polar surface area (TPSA) is 26.3 Å². The van der Waals surface area contributed by atoms with E-state index in [2.05, 4.69) is 5.79 Å². The number of esters is 1. The number of rotatable bonds is 2. The van der Waals surface area contributed by atoms with Crippen molar-refractivity contribution in [2.24, 2.45) is 0 Å². The first-order chi connectivity index (χ1) is 4.33. The van der Waals surface area contributed by atoms with Gasteiger partial charge in [0.1, 0.15) is 6.61 Å². The summed E-state index contributed by atoms with van der Waals surface area (Å²) in [6, 6.07) is 0. The van der Waals surface area contributed by atoms with Gasteiger partial charge in [0.15, 0.2) is 0 Å². The average molecular weight is 160 g/mol. The summed E-state index contributed by atoms with van der Waals surface area (Å²) >= 11 is 0.0464. The third-order valence-electron chi connectivity index (χ3n) is 1.23. The predicted octanol–water partition coefficient (Wildman–Crippen LogP) is 0.435. The van der Waals surface area contributed by atoms with Gasteiger partial charge in [0.05, 0.1) is 6.42 Å². The lowest BCUT2D eigenvalue weighted by Gasteiger charge is -1.99. The largest absolute Gasteiger partial charge is 0.465 e. The first-order valence-corrected chi connectivity index (χ1v) is 7.29. The highest BCUT2D eigenvalue weighted by Gasteiger charge is 2.22. The zero-order chi connectivity index (χ0) is 6.69. The molecule has 0 aromatic rings. The summed E-state index contributed by atoms with van der Waals surface area (Å²) in [6.45, 7) is 0.657. The molecule has 1 aliphatic heterocycles. The maximum absolute atomic E-state index is 10.5. The Labute approximate surface area is 64.1 Å². The molecule has 1 fully saturated rings. The Bertz CT molecular complexity index is 118. The van der Waals surface area contributed by atoms with Gasteiger partial charge in [-0.1, -0.05) is 5.79 Å². The van der Waals surface area contributed by atoms with Crippen molar-refractivity contribution in [3.63, 3.8) is 0 Å². The van der Waals surface area contributed by atoms with Crippen LogP contribution in [0.2, 0.25) is 5.79 Å². The van der Waals surface area contributed by atoms with Crippen molar-refractivity contribution in [1.82, 2.24) is 0 Å². The van der Waals surface area contributed by atoms with Gasteiger partial charge in [0.2, 0.25) is 0 Å². The normalized spacial score (nSPS) is 25.9. The smallest absolute Gasteiger partial charge is 0.323 e. The molecule has 0 aliphatic carbocycles. The van der Waals surface area contributed by atoms with E-state index in [0.717, 1.165) is 0 Å². The Balaban J connectivity index is 2.22. The highest BCUT2D eigenvalue weighted by Crippen LogP contribution is 2.19. The number of hydrogen-bond donors (Lipinski definition) is 0. The molecule has 0 aromatic carbocycles. The second kappa shape index (κ2) is 3.50. The maximum atomic E-state index is 10.5. The lowest BCUT2D eigenvalue weighted by molar-refractivity contribution is -0.137. The predicted molar refractivity (Wildman–Crippen MR) is 40.0 cm³/mol. The summed E-state index contributed by atoms with van der Waals surface area (Å²) in [5.41, 5.74) is 0. The van der Waals surface area contributed by atoms with Gasteiger partial charge in [-0.2, -0.15) is 0 Å². The van der Waals surface area contributed by atoms with E-state index in [1.54, 1.807) is 0 Å². The summed E-state index contributed by atoms with van der Waals surface area (Å²) in [6.07, 6.45) is 0.644. The molecule has 1 atom stereocenters. The van der Waals surface area contributed by atoms with Gasteiger partial charge in [0.25, 0.3) is 0 Å². The van der Waals surface area contributed by atoms with E-state index < -0.39 is 0 Å². The molecule has 0 N–H and O–H groups in total. The molecule has 1 unspecified atom stereocenters. The third-order valence-corrected chi connectivity index (χ3v) is 4.75. The third kappa shape index (κ3) is 2.21. The number of ether oxygens (including phenoxy) is 1. The van der Waals surface area contributed by atoms with Gasteiger partial charge in [-0.3, -0.25) is 14.9 Å². The van der Waals surface area contributed by atoms with Crippen LogP contribution in [-0.4, -0.2) is 31.9 Å². The summed E-state index contributed by atoms with van der Waals surface area (Å²) in [5, 5.41) is 0.495.